The van der Waals surface area contributed by atoms with E-state index in [9.17, 15) is 35.0 Å². The van der Waals surface area contributed by atoms with Crippen LogP contribution in [-0.2, 0) is 33.9 Å². The highest BCUT2D eigenvalue weighted by Gasteiger charge is 2.35. The molecule has 0 heterocycles. The molecule has 2 aromatic rings. The third-order valence-electron chi connectivity index (χ3n) is 4.18. The summed E-state index contributed by atoms with van der Waals surface area (Å²) in [5, 5.41) is 40.4. The maximum Gasteiger partial charge on any atom is 0.329 e. The second-order valence-corrected chi connectivity index (χ2v) is 6.68. The van der Waals surface area contributed by atoms with Crippen molar-refractivity contribution in [3.05, 3.63) is 69.3 Å². The van der Waals surface area contributed by atoms with Crippen LogP contribution < -0.4 is 5.32 Å². The number of aromatic hydroxyl groups is 2. The first-order valence-electron chi connectivity index (χ1n) is 8.49. The van der Waals surface area contributed by atoms with E-state index in [2.05, 4.69) is 10.2 Å². The molecule has 0 aromatic heterocycles. The average molecular weight is 404 g/mol. The van der Waals surface area contributed by atoms with Crippen LogP contribution in [0.15, 0.2) is 42.5 Å². The van der Waals surface area contributed by atoms with E-state index < -0.39 is 28.3 Å². The smallest absolute Gasteiger partial charge is 0.329 e. The normalized spacial score (nSPS) is 12.6. The predicted molar refractivity (Wildman–Crippen MR) is 99.6 cm³/mol. The molecule has 10 nitrogen and oxygen atoms in total. The number of carboxylic acid groups (broad SMARTS) is 1. The number of benzene rings is 2. The third kappa shape index (κ3) is 6.09. The molecule has 0 aliphatic carbocycles. The Balaban J connectivity index is 2.09. The molecule has 0 bridgehead atoms. The molecule has 29 heavy (non-hydrogen) atoms. The monoisotopic (exact) mass is 404 g/mol. The van der Waals surface area contributed by atoms with E-state index in [0.29, 0.717) is 16.7 Å². The lowest BCUT2D eigenvalue weighted by Crippen LogP contribution is -2.54. The molecule has 2 aromatic carbocycles. The molecular formula is C19H20N2O8. The van der Waals surface area contributed by atoms with E-state index in [1.807, 2.05) is 0 Å². The number of hydrogen-bond acceptors (Lipinski definition) is 7. The number of phenolic OH excluding ortho intramolecular Hbond substituents is 2. The van der Waals surface area contributed by atoms with Crippen molar-refractivity contribution in [1.29, 1.82) is 0 Å². The van der Waals surface area contributed by atoms with Crippen LogP contribution in [0.3, 0.4) is 0 Å². The minimum absolute atomic E-state index is 0.126. The summed E-state index contributed by atoms with van der Waals surface area (Å²) < 4.78 is 0. The van der Waals surface area contributed by atoms with Gasteiger partial charge in [0.15, 0.2) is 11.5 Å². The Morgan fingerprint density at radius 1 is 1.10 bits per heavy atom. The summed E-state index contributed by atoms with van der Waals surface area (Å²) in [4.78, 5) is 38.7. The zero-order chi connectivity index (χ0) is 21.6. The summed E-state index contributed by atoms with van der Waals surface area (Å²) in [5.41, 5.74) is -0.230. The quantitative estimate of drug-likeness (QED) is 0.278. The number of carbonyl (C=O) groups excluding carboxylic acids is 1. The molecule has 1 unspecified atom stereocenters. The van der Waals surface area contributed by atoms with E-state index in [-0.39, 0.29) is 25.2 Å². The summed E-state index contributed by atoms with van der Waals surface area (Å²) in [6.07, 6.45) is -0.269. The van der Waals surface area contributed by atoms with Crippen LogP contribution in [0.1, 0.15) is 23.6 Å². The van der Waals surface area contributed by atoms with Crippen molar-refractivity contribution in [3.8, 4) is 11.5 Å². The van der Waals surface area contributed by atoms with Crippen LogP contribution in [-0.4, -0.2) is 37.8 Å². The number of rotatable bonds is 9. The first kappa shape index (κ1) is 21.5. The van der Waals surface area contributed by atoms with Gasteiger partial charge in [0.25, 0.3) is 5.09 Å². The largest absolute Gasteiger partial charge is 0.504 e. The fourth-order valence-corrected chi connectivity index (χ4v) is 2.75. The van der Waals surface area contributed by atoms with Crippen LogP contribution in [0.4, 0.5) is 0 Å². The Hall–Kier alpha value is -3.82. The summed E-state index contributed by atoms with van der Waals surface area (Å²) in [7, 11) is 0. The molecule has 0 radical (unpaired) electrons. The summed E-state index contributed by atoms with van der Waals surface area (Å²) in [6.45, 7) is 1.07. The molecule has 0 spiro atoms. The van der Waals surface area contributed by atoms with E-state index in [0.717, 1.165) is 0 Å². The number of phenols is 2. The molecule has 0 fully saturated rings. The second kappa shape index (κ2) is 8.91. The molecule has 0 saturated carbocycles. The SMILES string of the molecule is CC(Cc1ccc(O)c(O)c1)(NC(=O)Cc1cccc(CO[N+](=O)[O-])c1)C(=O)O. The number of nitrogens with zero attached hydrogens (tertiary/aromatic N) is 1. The van der Waals surface area contributed by atoms with Crippen molar-refractivity contribution in [1.82, 2.24) is 5.32 Å². The van der Waals surface area contributed by atoms with Gasteiger partial charge in [-0.15, -0.1) is 10.1 Å². The zero-order valence-electron chi connectivity index (χ0n) is 15.5. The number of aliphatic carboxylic acids is 1. The average Bonchev–Trinajstić information content (AvgIpc) is 2.63. The van der Waals surface area contributed by atoms with Crippen molar-refractivity contribution in [3.63, 3.8) is 0 Å². The lowest BCUT2D eigenvalue weighted by Gasteiger charge is -2.26. The van der Waals surface area contributed by atoms with E-state index in [4.69, 9.17) is 0 Å². The lowest BCUT2D eigenvalue weighted by molar-refractivity contribution is -0.763. The predicted octanol–water partition coefficient (Wildman–Crippen LogP) is 1.55. The van der Waals surface area contributed by atoms with Gasteiger partial charge >= 0.3 is 5.97 Å². The highest BCUT2D eigenvalue weighted by atomic mass is 16.9. The molecule has 2 rings (SSSR count). The lowest BCUT2D eigenvalue weighted by atomic mass is 9.92. The van der Waals surface area contributed by atoms with Gasteiger partial charge in [-0.2, -0.15) is 0 Å². The number of nitrogens with one attached hydrogen (secondary N) is 1. The van der Waals surface area contributed by atoms with Crippen LogP contribution in [0.25, 0.3) is 0 Å². The minimum Gasteiger partial charge on any atom is -0.504 e. The third-order valence-corrected chi connectivity index (χ3v) is 4.18. The summed E-state index contributed by atoms with van der Waals surface area (Å²) >= 11 is 0. The Bertz CT molecular complexity index is 930. The van der Waals surface area contributed by atoms with Crippen molar-refractivity contribution >= 4 is 11.9 Å². The maximum absolute atomic E-state index is 12.4. The van der Waals surface area contributed by atoms with Crippen LogP contribution in [0.5, 0.6) is 11.5 Å². The van der Waals surface area contributed by atoms with Crippen molar-refractivity contribution in [2.45, 2.75) is 31.9 Å². The van der Waals surface area contributed by atoms with Gasteiger partial charge in [0.2, 0.25) is 5.91 Å². The first-order chi connectivity index (χ1) is 13.6. The van der Waals surface area contributed by atoms with Gasteiger partial charge in [-0.1, -0.05) is 30.3 Å². The van der Waals surface area contributed by atoms with E-state index >= 15 is 0 Å². The van der Waals surface area contributed by atoms with Gasteiger partial charge in [0, 0.05) is 6.42 Å². The molecular weight excluding hydrogens is 384 g/mol. The van der Waals surface area contributed by atoms with Gasteiger partial charge in [0.1, 0.15) is 12.1 Å². The highest BCUT2D eigenvalue weighted by Crippen LogP contribution is 2.27. The van der Waals surface area contributed by atoms with Gasteiger partial charge in [0.05, 0.1) is 6.42 Å². The van der Waals surface area contributed by atoms with E-state index in [1.165, 1.54) is 25.1 Å². The van der Waals surface area contributed by atoms with Crippen molar-refractivity contribution in [2.24, 2.45) is 0 Å². The molecule has 4 N–H and O–H groups in total. The minimum atomic E-state index is -1.66. The van der Waals surface area contributed by atoms with E-state index in [1.54, 1.807) is 24.3 Å². The molecule has 0 saturated heterocycles. The fourth-order valence-electron chi connectivity index (χ4n) is 2.75. The van der Waals surface area contributed by atoms with Gasteiger partial charge in [-0.05, 0) is 35.7 Å². The van der Waals surface area contributed by atoms with Gasteiger partial charge in [-0.3, -0.25) is 4.79 Å². The second-order valence-electron chi connectivity index (χ2n) is 6.68. The molecule has 0 aliphatic rings. The highest BCUT2D eigenvalue weighted by molar-refractivity contribution is 5.88. The maximum atomic E-state index is 12.4. The molecule has 1 amide bonds. The topological polar surface area (TPSA) is 159 Å². The van der Waals surface area contributed by atoms with Crippen molar-refractivity contribution < 1.29 is 34.8 Å². The zero-order valence-corrected chi connectivity index (χ0v) is 15.5. The molecule has 10 heteroatoms. The number of hydrogen-bond donors (Lipinski definition) is 4. The summed E-state index contributed by atoms with van der Waals surface area (Å²) in [5.74, 6) is -2.57. The molecule has 1 atom stereocenters. The Kier molecular flexibility index (Phi) is 6.60. The van der Waals surface area contributed by atoms with Gasteiger partial charge in [-0.25, -0.2) is 4.79 Å². The summed E-state index contributed by atoms with van der Waals surface area (Å²) in [6, 6.07) is 10.3. The van der Waals surface area contributed by atoms with Crippen LogP contribution in [0, 0.1) is 10.1 Å². The Labute approximate surface area is 165 Å². The standard InChI is InChI=1S/C19H20N2O8/c1-19(18(25)26,10-13-5-6-15(22)16(23)8-13)20-17(24)9-12-3-2-4-14(7-12)11-29-21(27)28/h2-8,22-23H,9-11H2,1H3,(H,20,24)(H,25,26). The van der Waals surface area contributed by atoms with Crippen LogP contribution >= 0.6 is 0 Å². The molecule has 154 valence electrons. The van der Waals surface area contributed by atoms with Crippen molar-refractivity contribution in [2.75, 3.05) is 0 Å². The Morgan fingerprint density at radius 2 is 1.79 bits per heavy atom. The first-order valence-corrected chi connectivity index (χ1v) is 8.49. The van der Waals surface area contributed by atoms with Gasteiger partial charge < -0.3 is 25.5 Å². The number of carbonyl (C=O) groups is 2. The number of amides is 1. The van der Waals surface area contributed by atoms with Crippen LogP contribution in [0.2, 0.25) is 0 Å². The fraction of sp³-hybridized carbons (Fsp3) is 0.263. The Morgan fingerprint density at radius 3 is 2.41 bits per heavy atom. The molecule has 0 aliphatic heterocycles. The number of carboxylic acids is 1.